The number of H-pyrrole nitrogens is 1. The lowest BCUT2D eigenvalue weighted by Gasteiger charge is -2.32. The summed E-state index contributed by atoms with van der Waals surface area (Å²) in [4.78, 5) is 27.3. The van der Waals surface area contributed by atoms with E-state index in [-0.39, 0.29) is 5.91 Å². The molecule has 6 nitrogen and oxygen atoms in total. The van der Waals surface area contributed by atoms with Gasteiger partial charge in [0.2, 0.25) is 0 Å². The second kappa shape index (κ2) is 7.39. The molecule has 6 heteroatoms. The molecular weight excluding hydrogens is 338 g/mol. The molecule has 3 heterocycles. The van der Waals surface area contributed by atoms with Crippen molar-refractivity contribution < 1.29 is 4.79 Å². The van der Waals surface area contributed by atoms with Gasteiger partial charge in [-0.25, -0.2) is 9.97 Å². The van der Waals surface area contributed by atoms with Crippen LogP contribution in [0.5, 0.6) is 0 Å². The fourth-order valence-electron chi connectivity index (χ4n) is 3.79. The number of anilines is 1. The number of aromatic nitrogens is 3. The largest absolute Gasteiger partial charge is 0.356 e. The normalized spacial score (nSPS) is 17.3. The summed E-state index contributed by atoms with van der Waals surface area (Å²) in [5, 5.41) is 2.85. The predicted molar refractivity (Wildman–Crippen MR) is 107 cm³/mol. The molecule has 3 aromatic rings. The number of imidazole rings is 1. The number of hydrogen-bond donors (Lipinski definition) is 2. The van der Waals surface area contributed by atoms with Crippen molar-refractivity contribution in [1.82, 2.24) is 20.3 Å². The van der Waals surface area contributed by atoms with E-state index in [9.17, 15) is 4.79 Å². The van der Waals surface area contributed by atoms with E-state index < -0.39 is 0 Å². The molecule has 1 unspecified atom stereocenters. The molecule has 1 aromatic carbocycles. The molecule has 1 atom stereocenters. The van der Waals surface area contributed by atoms with Crippen LogP contribution < -0.4 is 10.2 Å². The van der Waals surface area contributed by atoms with E-state index >= 15 is 0 Å². The summed E-state index contributed by atoms with van der Waals surface area (Å²) in [6.07, 6.45) is 3.90. The number of nitrogens with one attached hydrogen (secondary N) is 2. The Morgan fingerprint density at radius 3 is 3.07 bits per heavy atom. The summed E-state index contributed by atoms with van der Waals surface area (Å²) in [5.41, 5.74) is 4.00. The quantitative estimate of drug-likeness (QED) is 0.745. The average Bonchev–Trinajstić information content (AvgIpc) is 3.14. The molecule has 140 valence electrons. The predicted octanol–water partition coefficient (Wildman–Crippen LogP) is 3.40. The first-order valence-electron chi connectivity index (χ1n) is 9.60. The Bertz CT molecular complexity index is 964. The maximum Gasteiger partial charge on any atom is 0.251 e. The summed E-state index contributed by atoms with van der Waals surface area (Å²) in [5.74, 6) is 2.18. The van der Waals surface area contributed by atoms with Crippen molar-refractivity contribution >= 4 is 22.8 Å². The highest BCUT2D eigenvalue weighted by Gasteiger charge is 2.25. The molecule has 0 spiro atoms. The van der Waals surface area contributed by atoms with Gasteiger partial charge in [-0.1, -0.05) is 12.1 Å². The molecule has 1 saturated heterocycles. The Hall–Kier alpha value is -2.89. The number of rotatable bonds is 4. The first kappa shape index (κ1) is 17.5. The zero-order valence-electron chi connectivity index (χ0n) is 15.8. The lowest BCUT2D eigenvalue weighted by molar-refractivity contribution is 0.0955. The number of para-hydroxylation sites is 1. The zero-order chi connectivity index (χ0) is 18.8. The van der Waals surface area contributed by atoms with Crippen molar-refractivity contribution in [1.29, 1.82) is 0 Å². The molecule has 4 rings (SSSR count). The Labute approximate surface area is 159 Å². The number of nitrogens with zero attached hydrogens (tertiary/aromatic N) is 3. The van der Waals surface area contributed by atoms with Gasteiger partial charge in [0.25, 0.3) is 5.91 Å². The number of carbonyl (C=O) groups excluding carboxylic acids is 1. The standard InChI is InChI=1S/C21H25N5O/c1-3-22-21(27)15-9-10-23-18(12-15)26-11-5-7-16(13-26)20-24-17-8-4-6-14(2)19(17)25-20/h4,6,8-10,12,16H,3,5,7,11,13H2,1-2H3,(H,22,27)(H,24,25). The fraction of sp³-hybridized carbons (Fsp3) is 0.381. The molecule has 0 radical (unpaired) electrons. The van der Waals surface area contributed by atoms with E-state index in [0.717, 1.165) is 48.6 Å². The van der Waals surface area contributed by atoms with Crippen LogP contribution in [0.15, 0.2) is 36.5 Å². The summed E-state index contributed by atoms with van der Waals surface area (Å²) < 4.78 is 0. The maximum atomic E-state index is 12.1. The summed E-state index contributed by atoms with van der Waals surface area (Å²) in [6, 6.07) is 9.88. The van der Waals surface area contributed by atoms with E-state index in [1.807, 2.05) is 13.0 Å². The van der Waals surface area contributed by atoms with Gasteiger partial charge in [0.05, 0.1) is 11.0 Å². The number of carbonyl (C=O) groups is 1. The molecular formula is C21H25N5O. The molecule has 1 aliphatic heterocycles. The van der Waals surface area contributed by atoms with Gasteiger partial charge >= 0.3 is 0 Å². The number of hydrogen-bond acceptors (Lipinski definition) is 4. The van der Waals surface area contributed by atoms with Gasteiger partial charge in [-0.15, -0.1) is 0 Å². The number of aromatic amines is 1. The Morgan fingerprint density at radius 2 is 2.26 bits per heavy atom. The van der Waals surface area contributed by atoms with Crippen molar-refractivity contribution in [3.05, 3.63) is 53.5 Å². The third kappa shape index (κ3) is 3.52. The first-order valence-corrected chi connectivity index (χ1v) is 9.60. The third-order valence-electron chi connectivity index (χ3n) is 5.21. The number of benzene rings is 1. The van der Waals surface area contributed by atoms with Gasteiger partial charge in [0.1, 0.15) is 11.6 Å². The molecule has 2 N–H and O–H groups in total. The Balaban J connectivity index is 1.56. The lowest BCUT2D eigenvalue weighted by Crippen LogP contribution is -2.35. The van der Waals surface area contributed by atoms with E-state index in [2.05, 4.69) is 45.3 Å². The summed E-state index contributed by atoms with van der Waals surface area (Å²) >= 11 is 0. The van der Waals surface area contributed by atoms with Crippen LogP contribution in [0.3, 0.4) is 0 Å². The van der Waals surface area contributed by atoms with E-state index in [1.54, 1.807) is 12.3 Å². The van der Waals surface area contributed by atoms with E-state index in [0.29, 0.717) is 18.0 Å². The minimum absolute atomic E-state index is 0.0533. The van der Waals surface area contributed by atoms with Crippen LogP contribution in [-0.4, -0.2) is 40.5 Å². The number of pyridine rings is 1. The van der Waals surface area contributed by atoms with Crippen LogP contribution in [0.4, 0.5) is 5.82 Å². The van der Waals surface area contributed by atoms with Crippen LogP contribution in [-0.2, 0) is 0 Å². The molecule has 0 saturated carbocycles. The second-order valence-corrected chi connectivity index (χ2v) is 7.14. The summed E-state index contributed by atoms with van der Waals surface area (Å²) in [6.45, 7) is 6.43. The van der Waals surface area contributed by atoms with Crippen LogP contribution in [0.1, 0.15) is 47.4 Å². The number of fused-ring (bicyclic) bond motifs is 1. The van der Waals surface area contributed by atoms with Crippen molar-refractivity contribution in [3.8, 4) is 0 Å². The molecule has 1 amide bonds. The Morgan fingerprint density at radius 1 is 1.37 bits per heavy atom. The molecule has 2 aromatic heterocycles. The van der Waals surface area contributed by atoms with Crippen molar-refractivity contribution in [2.75, 3.05) is 24.5 Å². The minimum atomic E-state index is -0.0533. The summed E-state index contributed by atoms with van der Waals surface area (Å²) in [7, 11) is 0. The number of aryl methyl sites for hydroxylation is 1. The smallest absolute Gasteiger partial charge is 0.251 e. The minimum Gasteiger partial charge on any atom is -0.356 e. The van der Waals surface area contributed by atoms with Gasteiger partial charge in [-0.05, 0) is 50.5 Å². The lowest BCUT2D eigenvalue weighted by atomic mass is 9.97. The van der Waals surface area contributed by atoms with E-state index in [1.165, 1.54) is 5.56 Å². The SMILES string of the molecule is CCNC(=O)c1ccnc(N2CCCC(c3nc4c(C)cccc4[nH]3)C2)c1. The fourth-order valence-corrected chi connectivity index (χ4v) is 3.79. The topological polar surface area (TPSA) is 73.9 Å². The Kier molecular flexibility index (Phi) is 4.79. The maximum absolute atomic E-state index is 12.1. The van der Waals surface area contributed by atoms with Crippen molar-refractivity contribution in [2.24, 2.45) is 0 Å². The molecule has 27 heavy (non-hydrogen) atoms. The average molecular weight is 363 g/mol. The monoisotopic (exact) mass is 363 g/mol. The van der Waals surface area contributed by atoms with Gasteiger partial charge in [0.15, 0.2) is 0 Å². The number of piperidine rings is 1. The highest BCUT2D eigenvalue weighted by molar-refractivity contribution is 5.94. The van der Waals surface area contributed by atoms with Crippen LogP contribution in [0, 0.1) is 6.92 Å². The second-order valence-electron chi connectivity index (χ2n) is 7.14. The van der Waals surface area contributed by atoms with Crippen LogP contribution in [0.25, 0.3) is 11.0 Å². The van der Waals surface area contributed by atoms with Gasteiger partial charge in [-0.3, -0.25) is 4.79 Å². The molecule has 1 aliphatic rings. The highest BCUT2D eigenvalue weighted by Crippen LogP contribution is 2.29. The third-order valence-corrected chi connectivity index (χ3v) is 5.21. The van der Waals surface area contributed by atoms with Crippen molar-refractivity contribution in [3.63, 3.8) is 0 Å². The van der Waals surface area contributed by atoms with Crippen LogP contribution in [0.2, 0.25) is 0 Å². The van der Waals surface area contributed by atoms with E-state index in [4.69, 9.17) is 4.98 Å². The van der Waals surface area contributed by atoms with Crippen molar-refractivity contribution in [2.45, 2.75) is 32.6 Å². The number of amides is 1. The molecule has 1 fully saturated rings. The highest BCUT2D eigenvalue weighted by atomic mass is 16.1. The van der Waals surface area contributed by atoms with Gasteiger partial charge in [0, 0.05) is 37.3 Å². The van der Waals surface area contributed by atoms with Gasteiger partial charge in [-0.2, -0.15) is 0 Å². The molecule has 0 bridgehead atoms. The zero-order valence-corrected chi connectivity index (χ0v) is 15.8. The first-order chi connectivity index (χ1) is 13.2. The van der Waals surface area contributed by atoms with Gasteiger partial charge < -0.3 is 15.2 Å². The molecule has 0 aliphatic carbocycles. The van der Waals surface area contributed by atoms with Crippen LogP contribution >= 0.6 is 0 Å².